The second-order valence-electron chi connectivity index (χ2n) is 7.04. The second kappa shape index (κ2) is 4.99. The number of hydrogen-bond donors (Lipinski definition) is 3. The van der Waals surface area contributed by atoms with Crippen molar-refractivity contribution < 1.29 is 9.59 Å². The molecule has 1 aliphatic carbocycles. The summed E-state index contributed by atoms with van der Waals surface area (Å²) in [5, 5.41) is 18.0. The van der Waals surface area contributed by atoms with Crippen LogP contribution >= 0.6 is 0 Å². The zero-order valence-corrected chi connectivity index (χ0v) is 12.5. The Bertz CT molecular complexity index is 510. The van der Waals surface area contributed by atoms with E-state index in [-0.39, 0.29) is 29.2 Å². The van der Waals surface area contributed by atoms with E-state index in [9.17, 15) is 14.9 Å². The van der Waals surface area contributed by atoms with Crippen molar-refractivity contribution in [3.63, 3.8) is 0 Å². The normalized spacial score (nSPS) is 37.3. The van der Waals surface area contributed by atoms with E-state index < -0.39 is 6.04 Å². The Labute approximate surface area is 124 Å². The lowest BCUT2D eigenvalue weighted by molar-refractivity contribution is -0.125. The zero-order valence-electron chi connectivity index (χ0n) is 12.5. The van der Waals surface area contributed by atoms with E-state index in [1.807, 2.05) is 0 Å². The van der Waals surface area contributed by atoms with Gasteiger partial charge in [-0.15, -0.1) is 0 Å². The predicted molar refractivity (Wildman–Crippen MR) is 75.8 cm³/mol. The van der Waals surface area contributed by atoms with Crippen molar-refractivity contribution in [2.45, 2.75) is 38.8 Å². The summed E-state index contributed by atoms with van der Waals surface area (Å²) in [5.74, 6) is 0.669. The molecule has 6 nitrogen and oxygen atoms in total. The summed E-state index contributed by atoms with van der Waals surface area (Å²) in [7, 11) is 0. The summed E-state index contributed by atoms with van der Waals surface area (Å²) in [6, 6.07) is 1.33. The lowest BCUT2D eigenvalue weighted by atomic mass is 9.98. The maximum absolute atomic E-state index is 12.4. The number of nitriles is 1. The zero-order chi connectivity index (χ0) is 15.2. The van der Waals surface area contributed by atoms with E-state index in [4.69, 9.17) is 0 Å². The third-order valence-electron chi connectivity index (χ3n) is 5.49. The van der Waals surface area contributed by atoms with E-state index in [0.29, 0.717) is 24.8 Å². The molecule has 2 amide bonds. The summed E-state index contributed by atoms with van der Waals surface area (Å²) >= 11 is 0. The van der Waals surface area contributed by atoms with Crippen molar-refractivity contribution in [2.75, 3.05) is 13.1 Å². The summed E-state index contributed by atoms with van der Waals surface area (Å²) in [6.45, 7) is 5.91. The highest BCUT2D eigenvalue weighted by Gasteiger charge is 2.65. The highest BCUT2D eigenvalue weighted by molar-refractivity contribution is 5.84. The van der Waals surface area contributed by atoms with Crippen LogP contribution in [0.25, 0.3) is 0 Å². The fourth-order valence-corrected chi connectivity index (χ4v) is 4.03. The Hall–Kier alpha value is -1.61. The summed E-state index contributed by atoms with van der Waals surface area (Å²) in [6.07, 6.45) is 1.14. The molecule has 5 atom stereocenters. The molecule has 2 aliphatic heterocycles. The number of hydrogen-bond acceptors (Lipinski definition) is 4. The first-order chi connectivity index (χ1) is 9.95. The van der Waals surface area contributed by atoms with E-state index >= 15 is 0 Å². The van der Waals surface area contributed by atoms with Gasteiger partial charge in [-0.1, -0.05) is 13.8 Å². The lowest BCUT2D eigenvalue weighted by Gasteiger charge is -2.21. The van der Waals surface area contributed by atoms with E-state index in [1.54, 1.807) is 0 Å². The van der Waals surface area contributed by atoms with Gasteiger partial charge in [0.2, 0.25) is 11.8 Å². The number of carbonyl (C=O) groups excluding carboxylic acids is 2. The first kappa shape index (κ1) is 14.3. The fraction of sp³-hybridized carbons (Fsp3) is 0.800. The van der Waals surface area contributed by atoms with Gasteiger partial charge in [0.1, 0.15) is 6.04 Å². The molecule has 3 aliphatic rings. The number of piperidine rings is 1. The van der Waals surface area contributed by atoms with Crippen molar-refractivity contribution in [3.05, 3.63) is 0 Å². The van der Waals surface area contributed by atoms with Gasteiger partial charge in [-0.2, -0.15) is 5.26 Å². The van der Waals surface area contributed by atoms with Gasteiger partial charge >= 0.3 is 0 Å². The molecule has 2 saturated heterocycles. The maximum atomic E-state index is 12.4. The summed E-state index contributed by atoms with van der Waals surface area (Å²) in [5.41, 5.74) is 0.223. The standard InChI is InChI=1S/C15H22N4O2/c1-15(2)10-7-18-12(11(10)15)14(21)19-9(6-16)5-8-3-4-17-13(8)20/h8-12,18H,3-5,7H2,1-2H3,(H,17,20)(H,19,21)/t8-,9-,10-,11-,12-/m0/s1. The van der Waals surface area contributed by atoms with Gasteiger partial charge in [0.05, 0.1) is 12.1 Å². The van der Waals surface area contributed by atoms with Crippen LogP contribution in [0.15, 0.2) is 0 Å². The van der Waals surface area contributed by atoms with E-state index in [1.165, 1.54) is 0 Å². The van der Waals surface area contributed by atoms with Gasteiger partial charge in [0, 0.05) is 12.5 Å². The average Bonchev–Trinajstić information content (AvgIpc) is 2.84. The van der Waals surface area contributed by atoms with Gasteiger partial charge in [-0.25, -0.2) is 0 Å². The van der Waals surface area contributed by atoms with Crippen LogP contribution in [0.5, 0.6) is 0 Å². The van der Waals surface area contributed by atoms with Crippen LogP contribution in [-0.2, 0) is 9.59 Å². The maximum Gasteiger partial charge on any atom is 0.238 e. The van der Waals surface area contributed by atoms with Crippen molar-refractivity contribution in [2.24, 2.45) is 23.2 Å². The minimum Gasteiger partial charge on any atom is -0.356 e. The van der Waals surface area contributed by atoms with Gasteiger partial charge < -0.3 is 16.0 Å². The van der Waals surface area contributed by atoms with E-state index in [2.05, 4.69) is 35.9 Å². The number of nitrogens with one attached hydrogen (secondary N) is 3. The SMILES string of the molecule is CC1(C)[C@@H]2[C@@H](C(=O)N[C@H](C#N)C[C@@H]3CCNC3=O)NC[C@@H]21. The lowest BCUT2D eigenvalue weighted by Crippen LogP contribution is -2.48. The van der Waals surface area contributed by atoms with Crippen LogP contribution in [-0.4, -0.2) is 37.0 Å². The largest absolute Gasteiger partial charge is 0.356 e. The molecular formula is C15H22N4O2. The van der Waals surface area contributed by atoms with Crippen molar-refractivity contribution in [3.8, 4) is 6.07 Å². The molecule has 0 aromatic heterocycles. The first-order valence-electron chi connectivity index (χ1n) is 7.66. The van der Waals surface area contributed by atoms with Gasteiger partial charge in [0.15, 0.2) is 0 Å². The van der Waals surface area contributed by atoms with Crippen LogP contribution in [0.4, 0.5) is 0 Å². The Morgan fingerprint density at radius 3 is 2.86 bits per heavy atom. The van der Waals surface area contributed by atoms with Crippen molar-refractivity contribution >= 4 is 11.8 Å². The molecule has 21 heavy (non-hydrogen) atoms. The van der Waals surface area contributed by atoms with Crippen LogP contribution < -0.4 is 16.0 Å². The molecule has 0 aromatic rings. The Kier molecular flexibility index (Phi) is 3.40. The summed E-state index contributed by atoms with van der Waals surface area (Å²) in [4.78, 5) is 23.9. The first-order valence-corrected chi connectivity index (χ1v) is 7.66. The third kappa shape index (κ3) is 2.40. The highest BCUT2D eigenvalue weighted by Crippen LogP contribution is 2.62. The molecule has 3 rings (SSSR count). The summed E-state index contributed by atoms with van der Waals surface area (Å²) < 4.78 is 0. The van der Waals surface area contributed by atoms with E-state index in [0.717, 1.165) is 13.0 Å². The molecule has 3 N–H and O–H groups in total. The van der Waals surface area contributed by atoms with Crippen LogP contribution in [0.3, 0.4) is 0 Å². The predicted octanol–water partition coefficient (Wildman–Crippen LogP) is -0.235. The molecule has 1 saturated carbocycles. The number of carbonyl (C=O) groups is 2. The molecule has 3 fully saturated rings. The fourth-order valence-electron chi connectivity index (χ4n) is 4.03. The molecule has 0 aromatic carbocycles. The third-order valence-corrected chi connectivity index (χ3v) is 5.49. The van der Waals surface area contributed by atoms with Crippen molar-refractivity contribution in [1.82, 2.24) is 16.0 Å². The monoisotopic (exact) mass is 290 g/mol. The van der Waals surface area contributed by atoms with Crippen LogP contribution in [0.1, 0.15) is 26.7 Å². The quantitative estimate of drug-likeness (QED) is 0.666. The number of rotatable bonds is 4. The average molecular weight is 290 g/mol. The number of amides is 2. The molecule has 0 radical (unpaired) electrons. The molecule has 0 unspecified atom stereocenters. The molecular weight excluding hydrogens is 268 g/mol. The second-order valence-corrected chi connectivity index (χ2v) is 7.04. The van der Waals surface area contributed by atoms with Crippen LogP contribution in [0, 0.1) is 34.5 Å². The smallest absolute Gasteiger partial charge is 0.238 e. The number of fused-ring (bicyclic) bond motifs is 1. The van der Waals surface area contributed by atoms with Crippen LogP contribution in [0.2, 0.25) is 0 Å². The topological polar surface area (TPSA) is 94.0 Å². The Morgan fingerprint density at radius 2 is 2.33 bits per heavy atom. The van der Waals surface area contributed by atoms with Crippen molar-refractivity contribution in [1.29, 1.82) is 5.26 Å². The molecule has 0 bridgehead atoms. The van der Waals surface area contributed by atoms with Gasteiger partial charge in [-0.05, 0) is 36.6 Å². The molecule has 114 valence electrons. The van der Waals surface area contributed by atoms with Gasteiger partial charge in [0.25, 0.3) is 0 Å². The molecule has 2 heterocycles. The Morgan fingerprint density at radius 1 is 1.57 bits per heavy atom. The van der Waals surface area contributed by atoms with Gasteiger partial charge in [-0.3, -0.25) is 9.59 Å². The molecule has 6 heteroatoms. The Balaban J connectivity index is 1.56. The molecule has 0 spiro atoms. The minimum atomic E-state index is -0.589. The minimum absolute atomic E-state index is 0.00752. The highest BCUT2D eigenvalue weighted by atomic mass is 16.2. The number of nitrogens with zero attached hydrogens (tertiary/aromatic N) is 1.